The first kappa shape index (κ1) is 17.0. The van der Waals surface area contributed by atoms with Gasteiger partial charge in [0.2, 0.25) is 5.91 Å². The number of pyridine rings is 1. The summed E-state index contributed by atoms with van der Waals surface area (Å²) in [6.45, 7) is 1.21. The van der Waals surface area contributed by atoms with Crippen LogP contribution in [0.5, 0.6) is 0 Å². The van der Waals surface area contributed by atoms with Crippen LogP contribution in [0.1, 0.15) is 16.7 Å². The van der Waals surface area contributed by atoms with Crippen LogP contribution in [0.3, 0.4) is 0 Å². The highest BCUT2D eigenvalue weighted by Gasteiger charge is 2.15. The highest BCUT2D eigenvalue weighted by molar-refractivity contribution is 5.79. The predicted molar refractivity (Wildman–Crippen MR) is 81.8 cm³/mol. The fourth-order valence-corrected chi connectivity index (χ4v) is 2.24. The third-order valence-electron chi connectivity index (χ3n) is 3.50. The molecule has 4 nitrogen and oxygen atoms in total. The van der Waals surface area contributed by atoms with E-state index in [1.807, 2.05) is 0 Å². The average molecular weight is 320 g/mol. The molecule has 0 bridgehead atoms. The van der Waals surface area contributed by atoms with Gasteiger partial charge in [-0.1, -0.05) is 0 Å². The van der Waals surface area contributed by atoms with Crippen molar-refractivity contribution >= 4 is 5.91 Å². The lowest BCUT2D eigenvalue weighted by Crippen LogP contribution is -2.40. The number of aliphatic hydroxyl groups excluding tert-OH is 1. The van der Waals surface area contributed by atoms with Gasteiger partial charge in [-0.15, -0.1) is 0 Å². The van der Waals surface area contributed by atoms with Crippen LogP contribution in [0.4, 0.5) is 8.78 Å². The number of nitrogens with zero attached hydrogens (tertiary/aromatic N) is 1. The monoisotopic (exact) mass is 320 g/mol. The zero-order valence-electron chi connectivity index (χ0n) is 12.7. The van der Waals surface area contributed by atoms with Crippen LogP contribution >= 0.6 is 0 Å². The van der Waals surface area contributed by atoms with E-state index in [1.165, 1.54) is 6.92 Å². The molecule has 1 aromatic carbocycles. The zero-order chi connectivity index (χ0) is 16.8. The topological polar surface area (TPSA) is 62.2 Å². The Balaban J connectivity index is 1.99. The molecule has 6 heteroatoms. The molecule has 0 fully saturated rings. The summed E-state index contributed by atoms with van der Waals surface area (Å²) in [5, 5.41) is 12.0. The van der Waals surface area contributed by atoms with Gasteiger partial charge in [-0.05, 0) is 48.7 Å². The van der Waals surface area contributed by atoms with E-state index in [0.717, 1.165) is 17.7 Å². The summed E-state index contributed by atoms with van der Waals surface area (Å²) in [4.78, 5) is 15.9. The van der Waals surface area contributed by atoms with Crippen LogP contribution < -0.4 is 5.32 Å². The lowest BCUT2D eigenvalue weighted by atomic mass is 10.1. The average Bonchev–Trinajstić information content (AvgIpc) is 2.53. The van der Waals surface area contributed by atoms with Crippen molar-refractivity contribution in [1.29, 1.82) is 0 Å². The largest absolute Gasteiger partial charge is 0.394 e. The molecule has 0 spiro atoms. The number of hydrogen-bond acceptors (Lipinski definition) is 3. The molecule has 1 atom stereocenters. The van der Waals surface area contributed by atoms with Gasteiger partial charge >= 0.3 is 0 Å². The molecule has 23 heavy (non-hydrogen) atoms. The molecule has 0 saturated heterocycles. The second-order valence-electron chi connectivity index (χ2n) is 5.38. The molecule has 0 aliphatic heterocycles. The van der Waals surface area contributed by atoms with Crippen molar-refractivity contribution in [3.63, 3.8) is 0 Å². The first-order chi connectivity index (χ1) is 11.0. The van der Waals surface area contributed by atoms with Crippen molar-refractivity contribution in [2.75, 3.05) is 6.61 Å². The highest BCUT2D eigenvalue weighted by atomic mass is 19.1. The summed E-state index contributed by atoms with van der Waals surface area (Å²) in [6.07, 6.45) is 3.39. The van der Waals surface area contributed by atoms with Crippen LogP contribution in [-0.2, 0) is 17.6 Å². The van der Waals surface area contributed by atoms with Gasteiger partial charge in [0.15, 0.2) is 0 Å². The highest BCUT2D eigenvalue weighted by Crippen LogP contribution is 2.15. The minimum Gasteiger partial charge on any atom is -0.394 e. The number of halogens is 2. The van der Waals surface area contributed by atoms with Gasteiger partial charge in [0.05, 0.1) is 19.1 Å². The Hall–Kier alpha value is -2.34. The van der Waals surface area contributed by atoms with Gasteiger partial charge in [-0.2, -0.15) is 0 Å². The number of amides is 1. The van der Waals surface area contributed by atoms with E-state index in [2.05, 4.69) is 10.3 Å². The van der Waals surface area contributed by atoms with Gasteiger partial charge in [-0.3, -0.25) is 9.78 Å². The summed E-state index contributed by atoms with van der Waals surface area (Å²) >= 11 is 0. The lowest BCUT2D eigenvalue weighted by molar-refractivity contribution is -0.121. The molecule has 1 unspecified atom stereocenters. The van der Waals surface area contributed by atoms with Gasteiger partial charge < -0.3 is 10.4 Å². The Morgan fingerprint density at radius 1 is 1.26 bits per heavy atom. The summed E-state index contributed by atoms with van der Waals surface area (Å²) < 4.78 is 27.2. The third-order valence-corrected chi connectivity index (χ3v) is 3.50. The molecule has 0 aliphatic carbocycles. The molecule has 2 N–H and O–H groups in total. The lowest BCUT2D eigenvalue weighted by Gasteiger charge is -2.16. The summed E-state index contributed by atoms with van der Waals surface area (Å²) in [5.41, 5.74) is 1.09. The fraction of sp³-hybridized carbons (Fsp3) is 0.294. The van der Waals surface area contributed by atoms with Crippen molar-refractivity contribution in [3.05, 3.63) is 65.0 Å². The standard InChI is InChI=1S/C17H18F2N2O2/c1-11-6-16(19)13(8-15(11)18)9-17(23)21-14(10-22)7-12-2-4-20-5-3-12/h2-6,8,14,22H,7,9-10H2,1H3,(H,21,23). The molecule has 1 amide bonds. The smallest absolute Gasteiger partial charge is 0.224 e. The van der Waals surface area contributed by atoms with Gasteiger partial charge in [0.1, 0.15) is 11.6 Å². The predicted octanol–water partition coefficient (Wildman–Crippen LogP) is 1.93. The molecule has 0 radical (unpaired) electrons. The minimum atomic E-state index is -0.617. The van der Waals surface area contributed by atoms with Crippen LogP contribution in [-0.4, -0.2) is 28.6 Å². The van der Waals surface area contributed by atoms with Crippen LogP contribution in [0.2, 0.25) is 0 Å². The SMILES string of the molecule is Cc1cc(F)c(CC(=O)NC(CO)Cc2ccncc2)cc1F. The quantitative estimate of drug-likeness (QED) is 0.855. The molecule has 1 heterocycles. The maximum Gasteiger partial charge on any atom is 0.224 e. The number of benzene rings is 1. The maximum atomic E-state index is 13.8. The number of carbonyl (C=O) groups excluding carboxylic acids is 1. The fourth-order valence-electron chi connectivity index (χ4n) is 2.24. The number of rotatable bonds is 6. The Labute approximate surface area is 133 Å². The van der Waals surface area contributed by atoms with E-state index in [0.29, 0.717) is 6.42 Å². The van der Waals surface area contributed by atoms with Gasteiger partial charge in [-0.25, -0.2) is 8.78 Å². The third kappa shape index (κ3) is 4.82. The van der Waals surface area contributed by atoms with Gasteiger partial charge in [0.25, 0.3) is 0 Å². The Morgan fingerprint density at radius 3 is 2.61 bits per heavy atom. The zero-order valence-corrected chi connectivity index (χ0v) is 12.7. The minimum absolute atomic E-state index is 0.00815. The number of aromatic nitrogens is 1. The van der Waals surface area contributed by atoms with Crippen LogP contribution in [0.25, 0.3) is 0 Å². The number of hydrogen-bond donors (Lipinski definition) is 2. The van der Waals surface area contributed by atoms with E-state index < -0.39 is 23.6 Å². The van der Waals surface area contributed by atoms with Crippen molar-refractivity contribution in [2.24, 2.45) is 0 Å². The Kier molecular flexibility index (Phi) is 5.76. The Bertz CT molecular complexity index is 678. The van der Waals surface area contributed by atoms with Crippen molar-refractivity contribution in [1.82, 2.24) is 10.3 Å². The summed E-state index contributed by atoms with van der Waals surface area (Å²) in [5.74, 6) is -1.64. The van der Waals surface area contributed by atoms with E-state index in [1.54, 1.807) is 24.5 Å². The number of aliphatic hydroxyl groups is 1. The van der Waals surface area contributed by atoms with E-state index in [4.69, 9.17) is 0 Å². The normalized spacial score (nSPS) is 12.0. The number of aryl methyl sites for hydroxylation is 1. The van der Waals surface area contributed by atoms with Crippen molar-refractivity contribution in [2.45, 2.75) is 25.8 Å². The van der Waals surface area contributed by atoms with Crippen LogP contribution in [0.15, 0.2) is 36.7 Å². The van der Waals surface area contributed by atoms with Crippen molar-refractivity contribution in [3.8, 4) is 0 Å². The molecular weight excluding hydrogens is 302 g/mol. The molecule has 1 aromatic heterocycles. The molecule has 122 valence electrons. The Morgan fingerprint density at radius 2 is 1.96 bits per heavy atom. The molecule has 0 aliphatic rings. The number of nitrogens with one attached hydrogen (secondary N) is 1. The summed E-state index contributed by atoms with van der Waals surface area (Å²) in [6, 6.07) is 5.16. The molecule has 2 rings (SSSR count). The molecule has 2 aromatic rings. The van der Waals surface area contributed by atoms with E-state index in [9.17, 15) is 18.7 Å². The number of carbonyl (C=O) groups is 1. The van der Waals surface area contributed by atoms with Crippen molar-refractivity contribution < 1.29 is 18.7 Å². The van der Waals surface area contributed by atoms with Gasteiger partial charge in [0, 0.05) is 18.0 Å². The second kappa shape index (κ2) is 7.78. The van der Waals surface area contributed by atoms with E-state index >= 15 is 0 Å². The van der Waals surface area contributed by atoms with E-state index in [-0.39, 0.29) is 24.2 Å². The second-order valence-corrected chi connectivity index (χ2v) is 5.38. The maximum absolute atomic E-state index is 13.8. The molecular formula is C17H18F2N2O2. The summed E-state index contributed by atoms with van der Waals surface area (Å²) in [7, 11) is 0. The molecule has 0 saturated carbocycles. The van der Waals surface area contributed by atoms with Crippen LogP contribution in [0, 0.1) is 18.6 Å². The first-order valence-electron chi connectivity index (χ1n) is 7.23. The first-order valence-corrected chi connectivity index (χ1v) is 7.23.